The number of benzene rings is 2. The number of carbonyl (C=O) groups is 1. The van der Waals surface area contributed by atoms with E-state index in [9.17, 15) is 14.9 Å². The van der Waals surface area contributed by atoms with Crippen LogP contribution in [0.15, 0.2) is 45.4 Å². The molecule has 0 fully saturated rings. The molecule has 2 aromatic rings. The quantitative estimate of drug-likeness (QED) is 0.361. The van der Waals surface area contributed by atoms with Crippen molar-refractivity contribution in [3.63, 3.8) is 0 Å². The average Bonchev–Trinajstić information content (AvgIpc) is 2.60. The summed E-state index contributed by atoms with van der Waals surface area (Å²) in [7, 11) is 3.06. The maximum absolute atomic E-state index is 12.1. The van der Waals surface area contributed by atoms with Crippen LogP contribution in [0.2, 0.25) is 0 Å². The standard InChI is InChI=1S/C17H14Br2N2O5/c1-25-15-8-10(7-13(19)17(15)26-2)3-6-16(22)20-14-5-4-11(21(23)24)9-12(14)18/h3-9H,1-2H3,(H,20,22)/b6-3+. The van der Waals surface area contributed by atoms with Crippen LogP contribution >= 0.6 is 31.9 Å². The van der Waals surface area contributed by atoms with Gasteiger partial charge in [0, 0.05) is 22.7 Å². The Morgan fingerprint density at radius 2 is 1.88 bits per heavy atom. The van der Waals surface area contributed by atoms with Crippen LogP contribution in [0.3, 0.4) is 0 Å². The van der Waals surface area contributed by atoms with Gasteiger partial charge in [-0.3, -0.25) is 14.9 Å². The van der Waals surface area contributed by atoms with Crippen molar-refractivity contribution in [2.75, 3.05) is 19.5 Å². The first-order chi connectivity index (χ1) is 12.3. The molecule has 136 valence electrons. The maximum atomic E-state index is 12.1. The summed E-state index contributed by atoms with van der Waals surface area (Å²) in [4.78, 5) is 22.3. The normalized spacial score (nSPS) is 10.6. The summed E-state index contributed by atoms with van der Waals surface area (Å²) in [5, 5.41) is 13.4. The van der Waals surface area contributed by atoms with Crippen LogP contribution in [0.4, 0.5) is 11.4 Å². The number of nitrogens with one attached hydrogen (secondary N) is 1. The van der Waals surface area contributed by atoms with Gasteiger partial charge in [-0.25, -0.2) is 0 Å². The van der Waals surface area contributed by atoms with E-state index in [1.54, 1.807) is 18.2 Å². The minimum Gasteiger partial charge on any atom is -0.493 e. The highest BCUT2D eigenvalue weighted by Crippen LogP contribution is 2.36. The molecule has 0 saturated heterocycles. The minimum atomic E-state index is -0.509. The van der Waals surface area contributed by atoms with Crippen LogP contribution in [-0.2, 0) is 4.79 Å². The number of hydrogen-bond donors (Lipinski definition) is 1. The molecule has 0 radical (unpaired) electrons. The molecule has 0 aliphatic rings. The Hall–Kier alpha value is -2.39. The molecule has 0 spiro atoms. The molecule has 2 rings (SSSR count). The molecule has 26 heavy (non-hydrogen) atoms. The topological polar surface area (TPSA) is 90.7 Å². The number of ether oxygens (including phenoxy) is 2. The predicted octanol–water partition coefficient (Wildman–Crippen LogP) is 4.79. The SMILES string of the molecule is COc1cc(/C=C/C(=O)Nc2ccc([N+](=O)[O-])cc2Br)cc(Br)c1OC. The van der Waals surface area contributed by atoms with Gasteiger partial charge < -0.3 is 14.8 Å². The van der Waals surface area contributed by atoms with Gasteiger partial charge in [-0.2, -0.15) is 0 Å². The van der Waals surface area contributed by atoms with Crippen molar-refractivity contribution >= 4 is 55.2 Å². The average molecular weight is 486 g/mol. The lowest BCUT2D eigenvalue weighted by Crippen LogP contribution is -2.08. The highest BCUT2D eigenvalue weighted by molar-refractivity contribution is 9.11. The summed E-state index contributed by atoms with van der Waals surface area (Å²) in [6, 6.07) is 7.61. The van der Waals surface area contributed by atoms with E-state index >= 15 is 0 Å². The van der Waals surface area contributed by atoms with Crippen LogP contribution in [0, 0.1) is 10.1 Å². The van der Waals surface area contributed by atoms with E-state index in [1.165, 1.54) is 38.5 Å². The van der Waals surface area contributed by atoms with Gasteiger partial charge in [-0.15, -0.1) is 0 Å². The summed E-state index contributed by atoms with van der Waals surface area (Å²) in [5.74, 6) is 0.703. The summed E-state index contributed by atoms with van der Waals surface area (Å²) in [5.41, 5.74) is 1.09. The molecule has 1 amide bonds. The summed E-state index contributed by atoms with van der Waals surface area (Å²) >= 11 is 6.59. The number of anilines is 1. The largest absolute Gasteiger partial charge is 0.493 e. The Morgan fingerprint density at radius 1 is 1.15 bits per heavy atom. The van der Waals surface area contributed by atoms with Crippen molar-refractivity contribution in [3.8, 4) is 11.5 Å². The molecule has 1 N–H and O–H groups in total. The summed E-state index contributed by atoms with van der Waals surface area (Å²) in [6.45, 7) is 0. The number of non-ortho nitro benzene ring substituents is 1. The molecule has 0 unspecified atom stereocenters. The molecule has 0 saturated carbocycles. The smallest absolute Gasteiger partial charge is 0.270 e. The Bertz CT molecular complexity index is 884. The lowest BCUT2D eigenvalue weighted by atomic mass is 10.2. The van der Waals surface area contributed by atoms with E-state index in [0.717, 1.165) is 5.56 Å². The van der Waals surface area contributed by atoms with Gasteiger partial charge in [0.25, 0.3) is 5.69 Å². The molecular formula is C17H14Br2N2O5. The number of rotatable bonds is 6. The second kappa shape index (κ2) is 8.81. The molecule has 0 aliphatic heterocycles. The van der Waals surface area contributed by atoms with Gasteiger partial charge in [0.05, 0.1) is 29.3 Å². The monoisotopic (exact) mass is 484 g/mol. The molecule has 0 aliphatic carbocycles. The van der Waals surface area contributed by atoms with E-state index in [4.69, 9.17) is 9.47 Å². The number of hydrogen-bond acceptors (Lipinski definition) is 5. The highest BCUT2D eigenvalue weighted by Gasteiger charge is 2.11. The number of amides is 1. The maximum Gasteiger partial charge on any atom is 0.270 e. The third kappa shape index (κ3) is 4.83. The van der Waals surface area contributed by atoms with Crippen molar-refractivity contribution in [3.05, 3.63) is 61.0 Å². The van der Waals surface area contributed by atoms with Crippen LogP contribution in [0.25, 0.3) is 6.08 Å². The molecule has 0 bridgehead atoms. The van der Waals surface area contributed by atoms with Gasteiger partial charge in [0.15, 0.2) is 11.5 Å². The molecule has 0 heterocycles. The van der Waals surface area contributed by atoms with Crippen molar-refractivity contribution in [2.24, 2.45) is 0 Å². The zero-order chi connectivity index (χ0) is 19.3. The first-order valence-electron chi connectivity index (χ1n) is 7.20. The minimum absolute atomic E-state index is 0.0689. The summed E-state index contributed by atoms with van der Waals surface area (Å²) < 4.78 is 11.6. The molecule has 2 aromatic carbocycles. The lowest BCUT2D eigenvalue weighted by molar-refractivity contribution is -0.384. The van der Waals surface area contributed by atoms with Crippen molar-refractivity contribution in [1.29, 1.82) is 0 Å². The van der Waals surface area contributed by atoms with Crippen LogP contribution in [0.1, 0.15) is 5.56 Å². The van der Waals surface area contributed by atoms with E-state index in [1.807, 2.05) is 0 Å². The second-order valence-electron chi connectivity index (χ2n) is 4.98. The number of halogens is 2. The van der Waals surface area contributed by atoms with Gasteiger partial charge in [-0.1, -0.05) is 0 Å². The fourth-order valence-corrected chi connectivity index (χ4v) is 3.19. The van der Waals surface area contributed by atoms with Gasteiger partial charge in [-0.05, 0) is 61.7 Å². The number of methoxy groups -OCH3 is 2. The zero-order valence-corrected chi connectivity index (χ0v) is 17.0. The zero-order valence-electron chi connectivity index (χ0n) is 13.8. The number of carbonyl (C=O) groups excluding carboxylic acids is 1. The first-order valence-corrected chi connectivity index (χ1v) is 8.79. The predicted molar refractivity (Wildman–Crippen MR) is 106 cm³/mol. The van der Waals surface area contributed by atoms with E-state index in [-0.39, 0.29) is 11.6 Å². The van der Waals surface area contributed by atoms with Crippen molar-refractivity contribution in [2.45, 2.75) is 0 Å². The number of nitrogens with zero attached hydrogens (tertiary/aromatic N) is 1. The van der Waals surface area contributed by atoms with E-state index in [2.05, 4.69) is 37.2 Å². The van der Waals surface area contributed by atoms with Crippen molar-refractivity contribution < 1.29 is 19.2 Å². The molecule has 7 nitrogen and oxygen atoms in total. The Balaban J connectivity index is 2.15. The van der Waals surface area contributed by atoms with Crippen LogP contribution < -0.4 is 14.8 Å². The fraction of sp³-hybridized carbons (Fsp3) is 0.118. The lowest BCUT2D eigenvalue weighted by Gasteiger charge is -2.10. The Morgan fingerprint density at radius 3 is 2.46 bits per heavy atom. The third-order valence-corrected chi connectivity index (χ3v) is 4.55. The molecular weight excluding hydrogens is 472 g/mol. The van der Waals surface area contributed by atoms with Gasteiger partial charge in [0.1, 0.15) is 0 Å². The van der Waals surface area contributed by atoms with E-state index in [0.29, 0.717) is 26.1 Å². The first kappa shape index (κ1) is 19.9. The molecule has 9 heteroatoms. The van der Waals surface area contributed by atoms with Gasteiger partial charge >= 0.3 is 0 Å². The molecule has 0 atom stereocenters. The molecule has 0 aromatic heterocycles. The fourth-order valence-electron chi connectivity index (χ4n) is 2.10. The highest BCUT2D eigenvalue weighted by atomic mass is 79.9. The van der Waals surface area contributed by atoms with Crippen molar-refractivity contribution in [1.82, 2.24) is 0 Å². The summed E-state index contributed by atoms with van der Waals surface area (Å²) in [6.07, 6.45) is 2.96. The Kier molecular flexibility index (Phi) is 6.76. The third-order valence-electron chi connectivity index (χ3n) is 3.30. The van der Waals surface area contributed by atoms with Crippen LogP contribution in [-0.4, -0.2) is 25.1 Å². The van der Waals surface area contributed by atoms with Crippen LogP contribution in [0.5, 0.6) is 11.5 Å². The van der Waals surface area contributed by atoms with E-state index < -0.39 is 4.92 Å². The second-order valence-corrected chi connectivity index (χ2v) is 6.69. The number of nitro groups is 1. The van der Waals surface area contributed by atoms with Gasteiger partial charge in [0.2, 0.25) is 5.91 Å². The Labute approximate surface area is 166 Å². The number of nitro benzene ring substituents is 1.